The van der Waals surface area contributed by atoms with E-state index in [-0.39, 0.29) is 0 Å². The molecule has 3 heteroatoms. The molecular weight excluding hydrogens is 256 g/mol. The smallest absolute Gasteiger partial charge is 0.0703 e. The maximum absolute atomic E-state index is 5.97. The van der Waals surface area contributed by atoms with E-state index in [0.717, 1.165) is 28.2 Å². The first kappa shape index (κ1) is 12.0. The lowest BCUT2D eigenvalue weighted by molar-refractivity contribution is 1.15. The number of aromatic nitrogens is 1. The van der Waals surface area contributed by atoms with Crippen molar-refractivity contribution in [3.63, 3.8) is 0 Å². The van der Waals surface area contributed by atoms with Crippen LogP contribution in [0, 0.1) is 0 Å². The summed E-state index contributed by atoms with van der Waals surface area (Å²) in [6.45, 7) is 0.756. The summed E-state index contributed by atoms with van der Waals surface area (Å²) >= 11 is 5.97. The number of benzene rings is 2. The van der Waals surface area contributed by atoms with E-state index in [1.165, 1.54) is 5.56 Å². The first-order chi connectivity index (χ1) is 9.31. The van der Waals surface area contributed by atoms with Crippen LogP contribution in [0.4, 0.5) is 5.69 Å². The summed E-state index contributed by atoms with van der Waals surface area (Å²) in [7, 11) is 0. The predicted octanol–water partition coefficient (Wildman–Crippen LogP) is 4.50. The Morgan fingerprint density at radius 1 is 1.00 bits per heavy atom. The van der Waals surface area contributed by atoms with E-state index < -0.39 is 0 Å². The first-order valence-corrected chi connectivity index (χ1v) is 6.52. The second-order valence-corrected chi connectivity index (χ2v) is 4.83. The van der Waals surface area contributed by atoms with Crippen molar-refractivity contribution in [1.82, 2.24) is 4.98 Å². The minimum Gasteiger partial charge on any atom is -0.381 e. The second kappa shape index (κ2) is 5.29. The van der Waals surface area contributed by atoms with Gasteiger partial charge in [-0.25, -0.2) is 0 Å². The molecule has 1 heterocycles. The quantitative estimate of drug-likeness (QED) is 0.756. The topological polar surface area (TPSA) is 24.9 Å². The maximum atomic E-state index is 5.97. The lowest BCUT2D eigenvalue weighted by atomic mass is 10.2. The number of rotatable bonds is 3. The van der Waals surface area contributed by atoms with Crippen molar-refractivity contribution in [2.24, 2.45) is 0 Å². The van der Waals surface area contributed by atoms with Crippen LogP contribution in [0.1, 0.15) is 5.56 Å². The molecule has 0 atom stereocenters. The fourth-order valence-electron chi connectivity index (χ4n) is 2.04. The molecule has 0 radical (unpaired) electrons. The highest BCUT2D eigenvalue weighted by Crippen LogP contribution is 2.18. The Balaban J connectivity index is 1.78. The molecule has 2 nitrogen and oxygen atoms in total. The van der Waals surface area contributed by atoms with Gasteiger partial charge in [0.2, 0.25) is 0 Å². The van der Waals surface area contributed by atoms with Gasteiger partial charge in [-0.1, -0.05) is 29.8 Å². The van der Waals surface area contributed by atoms with Gasteiger partial charge >= 0.3 is 0 Å². The van der Waals surface area contributed by atoms with Crippen molar-refractivity contribution in [2.45, 2.75) is 6.54 Å². The third-order valence-electron chi connectivity index (χ3n) is 2.99. The Morgan fingerprint density at radius 2 is 1.95 bits per heavy atom. The van der Waals surface area contributed by atoms with Crippen LogP contribution < -0.4 is 5.32 Å². The van der Waals surface area contributed by atoms with E-state index >= 15 is 0 Å². The Morgan fingerprint density at radius 3 is 2.84 bits per heavy atom. The minimum absolute atomic E-state index is 0.756. The van der Waals surface area contributed by atoms with Crippen molar-refractivity contribution in [2.75, 3.05) is 5.32 Å². The van der Waals surface area contributed by atoms with Crippen LogP contribution in [0.2, 0.25) is 5.02 Å². The first-order valence-electron chi connectivity index (χ1n) is 6.14. The highest BCUT2D eigenvalue weighted by Gasteiger charge is 1.98. The summed E-state index contributed by atoms with van der Waals surface area (Å²) in [6.07, 6.45) is 1.81. The number of hydrogen-bond acceptors (Lipinski definition) is 2. The molecule has 19 heavy (non-hydrogen) atoms. The molecule has 1 N–H and O–H groups in total. The standard InChI is InChI=1S/C16H13ClN2/c17-14-5-1-3-12(9-14)11-19-15-6-7-16-13(10-15)4-2-8-18-16/h1-10,19H,11H2. The summed E-state index contributed by atoms with van der Waals surface area (Å²) in [6, 6.07) is 18.0. The fraction of sp³-hybridized carbons (Fsp3) is 0.0625. The molecule has 0 aliphatic rings. The van der Waals surface area contributed by atoms with Gasteiger partial charge in [-0.3, -0.25) is 4.98 Å². The Kier molecular flexibility index (Phi) is 3.34. The molecule has 94 valence electrons. The Bertz CT molecular complexity index is 710. The van der Waals surface area contributed by atoms with E-state index in [1.54, 1.807) is 6.20 Å². The normalized spacial score (nSPS) is 10.6. The lowest BCUT2D eigenvalue weighted by Crippen LogP contribution is -1.99. The van der Waals surface area contributed by atoms with Gasteiger partial charge in [0.05, 0.1) is 5.52 Å². The molecule has 1 aromatic heterocycles. The summed E-state index contributed by atoms with van der Waals surface area (Å²) in [5.74, 6) is 0. The highest BCUT2D eigenvalue weighted by molar-refractivity contribution is 6.30. The molecular formula is C16H13ClN2. The number of nitrogens with zero attached hydrogens (tertiary/aromatic N) is 1. The minimum atomic E-state index is 0.756. The van der Waals surface area contributed by atoms with Gasteiger partial charge in [-0.15, -0.1) is 0 Å². The van der Waals surface area contributed by atoms with Crippen molar-refractivity contribution in [3.05, 3.63) is 71.4 Å². The van der Waals surface area contributed by atoms with Crippen LogP contribution in [-0.2, 0) is 6.54 Å². The van der Waals surface area contributed by atoms with E-state index in [1.807, 2.05) is 36.4 Å². The van der Waals surface area contributed by atoms with E-state index in [9.17, 15) is 0 Å². The van der Waals surface area contributed by atoms with Crippen molar-refractivity contribution in [1.29, 1.82) is 0 Å². The van der Waals surface area contributed by atoms with Crippen LogP contribution in [0.3, 0.4) is 0 Å². The third kappa shape index (κ3) is 2.85. The monoisotopic (exact) mass is 268 g/mol. The molecule has 0 saturated heterocycles. The van der Waals surface area contributed by atoms with E-state index in [2.05, 4.69) is 28.5 Å². The molecule has 0 spiro atoms. The molecule has 0 aliphatic carbocycles. The number of halogens is 1. The molecule has 3 aromatic rings. The van der Waals surface area contributed by atoms with Gasteiger partial charge in [0.15, 0.2) is 0 Å². The molecule has 0 aliphatic heterocycles. The second-order valence-electron chi connectivity index (χ2n) is 4.39. The van der Waals surface area contributed by atoms with Crippen LogP contribution >= 0.6 is 11.6 Å². The summed E-state index contributed by atoms with van der Waals surface area (Å²) in [5, 5.41) is 5.30. The number of hydrogen-bond donors (Lipinski definition) is 1. The third-order valence-corrected chi connectivity index (χ3v) is 3.22. The Labute approximate surface area is 117 Å². The van der Waals surface area contributed by atoms with Gasteiger partial charge in [0.25, 0.3) is 0 Å². The largest absolute Gasteiger partial charge is 0.381 e. The van der Waals surface area contributed by atoms with Crippen LogP contribution in [0.25, 0.3) is 10.9 Å². The summed E-state index contributed by atoms with van der Waals surface area (Å²) in [4.78, 5) is 4.31. The van der Waals surface area contributed by atoms with Gasteiger partial charge in [-0.05, 0) is 42.0 Å². The molecule has 0 unspecified atom stereocenters. The zero-order valence-corrected chi connectivity index (χ0v) is 11.1. The number of nitrogens with one attached hydrogen (secondary N) is 1. The van der Waals surface area contributed by atoms with E-state index in [0.29, 0.717) is 0 Å². The van der Waals surface area contributed by atoms with Crippen molar-refractivity contribution < 1.29 is 0 Å². The number of fused-ring (bicyclic) bond motifs is 1. The zero-order chi connectivity index (χ0) is 13.1. The van der Waals surface area contributed by atoms with Gasteiger partial charge in [-0.2, -0.15) is 0 Å². The van der Waals surface area contributed by atoms with Crippen LogP contribution in [0.15, 0.2) is 60.8 Å². The van der Waals surface area contributed by atoms with Gasteiger partial charge in [0.1, 0.15) is 0 Å². The zero-order valence-electron chi connectivity index (χ0n) is 10.3. The number of anilines is 1. The summed E-state index contributed by atoms with van der Waals surface area (Å²) in [5.41, 5.74) is 3.26. The molecule has 0 fully saturated rings. The Hall–Kier alpha value is -2.06. The van der Waals surface area contributed by atoms with Gasteiger partial charge in [0, 0.05) is 28.8 Å². The average Bonchev–Trinajstić information content (AvgIpc) is 2.45. The molecule has 0 bridgehead atoms. The van der Waals surface area contributed by atoms with E-state index in [4.69, 9.17) is 11.6 Å². The molecule has 0 saturated carbocycles. The SMILES string of the molecule is Clc1cccc(CNc2ccc3ncccc3c2)c1. The van der Waals surface area contributed by atoms with Crippen molar-refractivity contribution >= 4 is 28.2 Å². The molecule has 3 rings (SSSR count). The van der Waals surface area contributed by atoms with Crippen molar-refractivity contribution in [3.8, 4) is 0 Å². The molecule has 2 aromatic carbocycles. The molecule has 0 amide bonds. The van der Waals surface area contributed by atoms with Crippen LogP contribution in [0.5, 0.6) is 0 Å². The summed E-state index contributed by atoms with van der Waals surface area (Å²) < 4.78 is 0. The maximum Gasteiger partial charge on any atom is 0.0703 e. The predicted molar refractivity (Wildman–Crippen MR) is 80.5 cm³/mol. The highest BCUT2D eigenvalue weighted by atomic mass is 35.5. The average molecular weight is 269 g/mol. The lowest BCUT2D eigenvalue weighted by Gasteiger charge is -2.07. The van der Waals surface area contributed by atoms with Gasteiger partial charge < -0.3 is 5.32 Å². The number of pyridine rings is 1. The fourth-order valence-corrected chi connectivity index (χ4v) is 2.25. The van der Waals surface area contributed by atoms with Crippen LogP contribution in [-0.4, -0.2) is 4.98 Å².